The summed E-state index contributed by atoms with van der Waals surface area (Å²) in [7, 11) is 0. The molecule has 3 saturated heterocycles. The number of Topliss-reactive ketones (excluding diaryl/α,β-unsaturated/α-hetero) is 1. The molecule has 6 aliphatic rings. The van der Waals surface area contributed by atoms with Gasteiger partial charge in [-0.3, -0.25) is 4.79 Å². The number of ketones is 1. The third-order valence-corrected chi connectivity index (χ3v) is 10.8. The molecule has 0 aromatic rings. The van der Waals surface area contributed by atoms with Crippen molar-refractivity contribution in [3.63, 3.8) is 0 Å². The molecule has 0 amide bonds. The van der Waals surface area contributed by atoms with E-state index in [0.717, 1.165) is 24.8 Å². The number of epoxide rings is 1. The van der Waals surface area contributed by atoms with Crippen molar-refractivity contribution in [2.75, 3.05) is 6.61 Å². The van der Waals surface area contributed by atoms with E-state index in [2.05, 4.69) is 20.4 Å². The SMILES string of the molecule is C=C(C)[C@]12C[C@@H](C)[C@@]34O[C@@](CCCCCCCCC)(O[C@@H]1[C@@H]3[C@@H]1O[C@]1(CO)[C@@H](O)[C@]1(O)C(=O)C(C)=C[C@H]14)O2. The maximum absolute atomic E-state index is 13.5. The summed E-state index contributed by atoms with van der Waals surface area (Å²) < 4.78 is 26.7. The van der Waals surface area contributed by atoms with Gasteiger partial charge in [-0.25, -0.2) is 0 Å². The molecule has 3 N–H and O–H groups in total. The Labute approximate surface area is 225 Å². The molecule has 11 atom stereocenters. The first-order chi connectivity index (χ1) is 18.0. The van der Waals surface area contributed by atoms with E-state index in [1.165, 1.54) is 25.7 Å². The molecule has 38 heavy (non-hydrogen) atoms. The molecule has 2 saturated carbocycles. The molecule has 6 rings (SSSR count). The van der Waals surface area contributed by atoms with E-state index in [1.54, 1.807) is 13.0 Å². The normalized spacial score (nSPS) is 51.8. The van der Waals surface area contributed by atoms with Crippen molar-refractivity contribution in [3.8, 4) is 0 Å². The number of aliphatic hydroxyl groups excluding tert-OH is 2. The van der Waals surface area contributed by atoms with Crippen molar-refractivity contribution in [2.24, 2.45) is 17.8 Å². The van der Waals surface area contributed by atoms with Gasteiger partial charge in [0.25, 0.3) is 5.97 Å². The first-order valence-corrected chi connectivity index (χ1v) is 14.7. The third-order valence-electron chi connectivity index (χ3n) is 10.8. The van der Waals surface area contributed by atoms with Crippen molar-refractivity contribution < 1.29 is 39.1 Å². The molecule has 0 radical (unpaired) electrons. The molecule has 3 aliphatic heterocycles. The molecule has 0 unspecified atom stereocenters. The van der Waals surface area contributed by atoms with Crippen LogP contribution in [0.15, 0.2) is 23.8 Å². The monoisotopic (exact) mass is 532 g/mol. The standard InChI is InChI=1S/C30H44O8/c1-6-7-8-9-10-11-12-13-28-36-23-21-24-27(16-31,35-24)25(33)29(34)20(14-18(4)22(29)32)30(21,38-28)19(5)15-26(23,37-28)17(2)3/h14,19-21,23-25,31,33-34H,2,6-13,15-16H2,1,3-5H3/t19-,20-,21-,23-,24+,25-,26-,27+,28+,29-,30+/m1/s1. The number of aliphatic hydroxyl groups is 3. The molecule has 8 nitrogen and oxygen atoms in total. The molecular weight excluding hydrogens is 488 g/mol. The van der Waals surface area contributed by atoms with E-state index in [4.69, 9.17) is 18.9 Å². The van der Waals surface area contributed by atoms with Crippen LogP contribution in [0, 0.1) is 17.8 Å². The van der Waals surface area contributed by atoms with Crippen molar-refractivity contribution >= 4 is 5.78 Å². The van der Waals surface area contributed by atoms with Crippen molar-refractivity contribution in [1.29, 1.82) is 0 Å². The van der Waals surface area contributed by atoms with Crippen LogP contribution in [0.5, 0.6) is 0 Å². The summed E-state index contributed by atoms with van der Waals surface area (Å²) in [5.74, 6) is -3.38. The maximum atomic E-state index is 13.5. The lowest BCUT2D eigenvalue weighted by Gasteiger charge is -2.59. The highest BCUT2D eigenvalue weighted by Crippen LogP contribution is 2.73. The van der Waals surface area contributed by atoms with Crippen LogP contribution in [0.3, 0.4) is 0 Å². The lowest BCUT2D eigenvalue weighted by Crippen LogP contribution is -2.72. The lowest BCUT2D eigenvalue weighted by atomic mass is 9.54. The minimum Gasteiger partial charge on any atom is -0.393 e. The van der Waals surface area contributed by atoms with Gasteiger partial charge in [-0.15, -0.1) is 0 Å². The highest BCUT2D eigenvalue weighted by atomic mass is 16.9. The summed E-state index contributed by atoms with van der Waals surface area (Å²) in [6, 6.07) is 0. The summed E-state index contributed by atoms with van der Waals surface area (Å²) in [5, 5.41) is 34.1. The second-order valence-corrected chi connectivity index (χ2v) is 13.0. The van der Waals surface area contributed by atoms with Gasteiger partial charge in [-0.2, -0.15) is 0 Å². The second kappa shape index (κ2) is 8.68. The number of unbranched alkanes of at least 4 members (excludes halogenated alkanes) is 6. The summed E-state index contributed by atoms with van der Waals surface area (Å²) in [6.07, 6.45) is 7.99. The molecule has 0 aromatic carbocycles. The Hall–Kier alpha value is -1.13. The van der Waals surface area contributed by atoms with Gasteiger partial charge < -0.3 is 34.3 Å². The van der Waals surface area contributed by atoms with E-state index in [1.807, 2.05) is 6.92 Å². The fourth-order valence-corrected chi connectivity index (χ4v) is 8.83. The molecular formula is C30H44O8. The van der Waals surface area contributed by atoms with Gasteiger partial charge >= 0.3 is 0 Å². The van der Waals surface area contributed by atoms with Crippen LogP contribution in [0.1, 0.15) is 85.5 Å². The number of carbonyl (C=O) groups excluding carboxylic acids is 1. The molecule has 3 bridgehead atoms. The topological polar surface area (TPSA) is 118 Å². The molecule has 0 spiro atoms. The number of rotatable bonds is 10. The van der Waals surface area contributed by atoms with Crippen molar-refractivity contribution in [1.82, 2.24) is 0 Å². The van der Waals surface area contributed by atoms with Crippen molar-refractivity contribution in [2.45, 2.75) is 132 Å². The summed E-state index contributed by atoms with van der Waals surface area (Å²) >= 11 is 0. The molecule has 212 valence electrons. The Morgan fingerprint density at radius 1 is 1.11 bits per heavy atom. The Balaban J connectivity index is 1.41. The zero-order chi connectivity index (χ0) is 27.3. The Kier molecular flexibility index (Phi) is 6.18. The van der Waals surface area contributed by atoms with E-state index < -0.39 is 70.9 Å². The van der Waals surface area contributed by atoms with E-state index in [-0.39, 0.29) is 5.92 Å². The fourth-order valence-electron chi connectivity index (χ4n) is 8.83. The van der Waals surface area contributed by atoms with Crippen LogP contribution in [-0.2, 0) is 23.7 Å². The van der Waals surface area contributed by atoms with Crippen LogP contribution in [-0.4, -0.2) is 74.4 Å². The summed E-state index contributed by atoms with van der Waals surface area (Å²) in [5.41, 5.74) is -4.36. The summed E-state index contributed by atoms with van der Waals surface area (Å²) in [6.45, 7) is 11.7. The smallest absolute Gasteiger partial charge is 0.284 e. The zero-order valence-electron chi connectivity index (χ0n) is 23.2. The van der Waals surface area contributed by atoms with Gasteiger partial charge in [0.15, 0.2) is 11.4 Å². The van der Waals surface area contributed by atoms with Crippen molar-refractivity contribution in [3.05, 3.63) is 23.8 Å². The molecule has 8 heteroatoms. The molecule has 5 fully saturated rings. The van der Waals surface area contributed by atoms with Crippen LogP contribution in [0.4, 0.5) is 0 Å². The van der Waals surface area contributed by atoms with Gasteiger partial charge in [0.2, 0.25) is 0 Å². The molecule has 0 aromatic heterocycles. The quantitative estimate of drug-likeness (QED) is 0.223. The van der Waals surface area contributed by atoms with Gasteiger partial charge in [0.1, 0.15) is 29.5 Å². The van der Waals surface area contributed by atoms with E-state index in [0.29, 0.717) is 18.4 Å². The number of ether oxygens (including phenoxy) is 4. The average molecular weight is 533 g/mol. The van der Waals surface area contributed by atoms with Crippen LogP contribution in [0.25, 0.3) is 0 Å². The predicted molar refractivity (Wildman–Crippen MR) is 138 cm³/mol. The van der Waals surface area contributed by atoms with E-state index in [9.17, 15) is 20.1 Å². The largest absolute Gasteiger partial charge is 0.393 e. The number of fused-ring (bicyclic) bond motifs is 3. The van der Waals surface area contributed by atoms with Gasteiger partial charge in [0, 0.05) is 18.3 Å². The Bertz CT molecular complexity index is 1060. The van der Waals surface area contributed by atoms with E-state index >= 15 is 0 Å². The van der Waals surface area contributed by atoms with Crippen LogP contribution in [0.2, 0.25) is 0 Å². The second-order valence-electron chi connectivity index (χ2n) is 13.0. The fraction of sp³-hybridized carbons (Fsp3) is 0.833. The zero-order valence-corrected chi connectivity index (χ0v) is 23.2. The minimum absolute atomic E-state index is 0.183. The number of hydrogen-bond donors (Lipinski definition) is 3. The Morgan fingerprint density at radius 2 is 1.79 bits per heavy atom. The van der Waals surface area contributed by atoms with Gasteiger partial charge in [0.05, 0.1) is 12.2 Å². The predicted octanol–water partition coefficient (Wildman–Crippen LogP) is 3.32. The van der Waals surface area contributed by atoms with Crippen LogP contribution < -0.4 is 0 Å². The highest BCUT2D eigenvalue weighted by Gasteiger charge is 2.88. The third kappa shape index (κ3) is 3.14. The number of hydrogen-bond acceptors (Lipinski definition) is 8. The molecule has 3 heterocycles. The molecule has 3 aliphatic carbocycles. The minimum atomic E-state index is -2.18. The first kappa shape index (κ1) is 27.1. The lowest BCUT2D eigenvalue weighted by molar-refractivity contribution is -0.430. The average Bonchev–Trinajstić information content (AvgIpc) is 3.52. The summed E-state index contributed by atoms with van der Waals surface area (Å²) in [4.78, 5) is 13.5. The Morgan fingerprint density at radius 3 is 2.45 bits per heavy atom. The number of carbonyl (C=O) groups is 1. The van der Waals surface area contributed by atoms with Gasteiger partial charge in [-0.05, 0) is 43.8 Å². The van der Waals surface area contributed by atoms with Crippen LogP contribution >= 0.6 is 0 Å². The van der Waals surface area contributed by atoms with Gasteiger partial charge in [-0.1, -0.05) is 65.0 Å². The first-order valence-electron chi connectivity index (χ1n) is 14.7. The highest BCUT2D eigenvalue weighted by molar-refractivity contribution is 6.05. The maximum Gasteiger partial charge on any atom is 0.284 e.